The Morgan fingerprint density at radius 1 is 0.878 bits per heavy atom. The van der Waals surface area contributed by atoms with E-state index in [1.165, 1.54) is 24.1 Å². The van der Waals surface area contributed by atoms with Crippen molar-refractivity contribution in [2.45, 2.75) is 57.1 Å². The number of hydrogen-bond acceptors (Lipinski definition) is 6. The monoisotopic (exact) mass is 581 g/mol. The van der Waals surface area contributed by atoms with Gasteiger partial charge in [0.2, 0.25) is 11.8 Å². The second kappa shape index (κ2) is 13.5. The molecular formula is C31H39N3O6S. The number of para-hydroxylation sites is 1. The first-order valence-corrected chi connectivity index (χ1v) is 14.8. The van der Waals surface area contributed by atoms with E-state index in [0.717, 1.165) is 9.87 Å². The van der Waals surface area contributed by atoms with E-state index < -0.39 is 34.1 Å². The van der Waals surface area contributed by atoms with Crippen LogP contribution in [0.25, 0.3) is 0 Å². The fraction of sp³-hybridized carbons (Fsp3) is 0.355. The van der Waals surface area contributed by atoms with Crippen molar-refractivity contribution in [3.8, 4) is 11.5 Å². The first kappa shape index (κ1) is 31.5. The number of benzene rings is 3. The van der Waals surface area contributed by atoms with Gasteiger partial charge in [-0.1, -0.05) is 37.3 Å². The van der Waals surface area contributed by atoms with Gasteiger partial charge in [-0.3, -0.25) is 13.9 Å². The molecule has 2 amide bonds. The van der Waals surface area contributed by atoms with E-state index in [9.17, 15) is 18.0 Å². The second-order valence-corrected chi connectivity index (χ2v) is 12.4. The molecule has 0 aliphatic rings. The van der Waals surface area contributed by atoms with Gasteiger partial charge in [0.15, 0.2) is 0 Å². The zero-order valence-corrected chi connectivity index (χ0v) is 25.3. The van der Waals surface area contributed by atoms with Gasteiger partial charge in [-0.25, -0.2) is 8.42 Å². The van der Waals surface area contributed by atoms with Crippen LogP contribution in [0.2, 0.25) is 0 Å². The minimum atomic E-state index is -4.16. The summed E-state index contributed by atoms with van der Waals surface area (Å²) < 4.78 is 39.4. The van der Waals surface area contributed by atoms with Crippen LogP contribution < -0.4 is 19.1 Å². The molecule has 0 aliphatic heterocycles. The van der Waals surface area contributed by atoms with Crippen molar-refractivity contribution in [2.75, 3.05) is 25.1 Å². The summed E-state index contributed by atoms with van der Waals surface area (Å²) in [6.45, 7) is 6.99. The topological polar surface area (TPSA) is 105 Å². The van der Waals surface area contributed by atoms with E-state index in [1.54, 1.807) is 67.8 Å². The highest BCUT2D eigenvalue weighted by Crippen LogP contribution is 2.26. The number of nitrogens with one attached hydrogen (secondary N) is 1. The number of rotatable bonds is 12. The zero-order chi connectivity index (χ0) is 30.2. The molecule has 3 aromatic rings. The molecule has 3 aromatic carbocycles. The van der Waals surface area contributed by atoms with Crippen molar-refractivity contribution >= 4 is 27.5 Å². The van der Waals surface area contributed by atoms with E-state index >= 15 is 0 Å². The highest BCUT2D eigenvalue weighted by molar-refractivity contribution is 7.92. The first-order valence-electron chi connectivity index (χ1n) is 13.4. The van der Waals surface area contributed by atoms with Crippen molar-refractivity contribution in [2.24, 2.45) is 0 Å². The zero-order valence-electron chi connectivity index (χ0n) is 24.5. The van der Waals surface area contributed by atoms with Crippen molar-refractivity contribution < 1.29 is 27.5 Å². The summed E-state index contributed by atoms with van der Waals surface area (Å²) in [7, 11) is -1.12. The molecule has 220 valence electrons. The number of methoxy groups -OCH3 is 2. The predicted octanol–water partition coefficient (Wildman–Crippen LogP) is 4.62. The molecule has 1 atom stereocenters. The quantitative estimate of drug-likeness (QED) is 0.335. The van der Waals surface area contributed by atoms with Crippen LogP contribution in [0.5, 0.6) is 11.5 Å². The molecule has 3 rings (SSSR count). The molecule has 0 spiro atoms. The maximum atomic E-state index is 14.1. The number of amides is 2. The Balaban J connectivity index is 2.05. The molecule has 41 heavy (non-hydrogen) atoms. The number of carbonyl (C=O) groups is 2. The molecule has 0 radical (unpaired) electrons. The number of carbonyl (C=O) groups excluding carboxylic acids is 2. The fourth-order valence-corrected chi connectivity index (χ4v) is 5.75. The molecular weight excluding hydrogens is 542 g/mol. The molecule has 0 aromatic heterocycles. The Hall–Kier alpha value is -4.05. The Morgan fingerprint density at radius 2 is 1.51 bits per heavy atom. The van der Waals surface area contributed by atoms with E-state index in [-0.39, 0.29) is 17.3 Å². The Bertz CT molecular complexity index is 1420. The van der Waals surface area contributed by atoms with Gasteiger partial charge in [-0.05, 0) is 81.3 Å². The van der Waals surface area contributed by atoms with Gasteiger partial charge in [0.05, 0.1) is 24.8 Å². The lowest BCUT2D eigenvalue weighted by molar-refractivity contribution is -0.141. The van der Waals surface area contributed by atoms with Crippen LogP contribution >= 0.6 is 0 Å². The fourth-order valence-electron chi connectivity index (χ4n) is 4.34. The van der Waals surface area contributed by atoms with Crippen LogP contribution in [0, 0.1) is 0 Å². The minimum absolute atomic E-state index is 0.00631. The van der Waals surface area contributed by atoms with E-state index in [2.05, 4.69) is 5.32 Å². The predicted molar refractivity (Wildman–Crippen MR) is 159 cm³/mol. The average Bonchev–Trinajstić information content (AvgIpc) is 2.95. The smallest absolute Gasteiger partial charge is 0.264 e. The first-order chi connectivity index (χ1) is 19.4. The largest absolute Gasteiger partial charge is 0.497 e. The molecule has 0 fully saturated rings. The van der Waals surface area contributed by atoms with Crippen LogP contribution in [-0.2, 0) is 26.2 Å². The molecule has 0 aliphatic carbocycles. The van der Waals surface area contributed by atoms with E-state index in [4.69, 9.17) is 9.47 Å². The Labute approximate surface area is 243 Å². The summed E-state index contributed by atoms with van der Waals surface area (Å²) in [6, 6.07) is 20.8. The number of sulfonamides is 1. The van der Waals surface area contributed by atoms with E-state index in [0.29, 0.717) is 23.6 Å². The van der Waals surface area contributed by atoms with Gasteiger partial charge in [0.1, 0.15) is 24.1 Å². The van der Waals surface area contributed by atoms with Gasteiger partial charge in [-0.15, -0.1) is 0 Å². The molecule has 9 nitrogen and oxygen atoms in total. The van der Waals surface area contributed by atoms with Crippen LogP contribution in [-0.4, -0.2) is 57.5 Å². The summed E-state index contributed by atoms with van der Waals surface area (Å²) in [5.74, 6) is 0.270. The lowest BCUT2D eigenvalue weighted by Gasteiger charge is -2.34. The second-order valence-electron chi connectivity index (χ2n) is 10.6. The molecule has 0 saturated heterocycles. The van der Waals surface area contributed by atoms with Gasteiger partial charge >= 0.3 is 0 Å². The molecule has 0 heterocycles. The van der Waals surface area contributed by atoms with Gasteiger partial charge in [0.25, 0.3) is 10.0 Å². The lowest BCUT2D eigenvalue weighted by atomic mass is 10.1. The summed E-state index contributed by atoms with van der Waals surface area (Å²) in [6.07, 6.45) is 0.328. The highest BCUT2D eigenvalue weighted by Gasteiger charge is 2.34. The van der Waals surface area contributed by atoms with Crippen molar-refractivity contribution in [3.05, 3.63) is 84.4 Å². The average molecular weight is 582 g/mol. The molecule has 10 heteroatoms. The van der Waals surface area contributed by atoms with Crippen molar-refractivity contribution in [3.63, 3.8) is 0 Å². The number of nitrogens with zero attached hydrogens (tertiary/aromatic N) is 2. The van der Waals surface area contributed by atoms with Crippen LogP contribution in [0.3, 0.4) is 0 Å². The number of ether oxygens (including phenoxy) is 2. The normalized spacial score (nSPS) is 12.2. The number of hydrogen-bond donors (Lipinski definition) is 1. The molecule has 1 unspecified atom stereocenters. The third-order valence-corrected chi connectivity index (χ3v) is 8.13. The maximum absolute atomic E-state index is 14.1. The number of anilines is 1. The summed E-state index contributed by atoms with van der Waals surface area (Å²) in [5, 5.41) is 2.96. The summed E-state index contributed by atoms with van der Waals surface area (Å²) in [4.78, 5) is 29.0. The Morgan fingerprint density at radius 3 is 2.07 bits per heavy atom. The lowest BCUT2D eigenvalue weighted by Crippen LogP contribution is -2.55. The maximum Gasteiger partial charge on any atom is 0.264 e. The van der Waals surface area contributed by atoms with Crippen molar-refractivity contribution in [1.82, 2.24) is 10.2 Å². The SMILES string of the molecule is CCC(C(=O)NC(C)(C)C)N(Cc1cccc(OC)c1)C(=O)CN(c1ccccc1)S(=O)(=O)c1ccc(OC)cc1. The van der Waals surface area contributed by atoms with Crippen molar-refractivity contribution in [1.29, 1.82) is 0 Å². The van der Waals surface area contributed by atoms with Crippen LogP contribution in [0.15, 0.2) is 83.8 Å². The summed E-state index contributed by atoms with van der Waals surface area (Å²) >= 11 is 0. The van der Waals surface area contributed by atoms with Gasteiger partial charge in [0, 0.05) is 12.1 Å². The third-order valence-electron chi connectivity index (χ3n) is 6.34. The molecule has 0 bridgehead atoms. The van der Waals surface area contributed by atoms with Crippen LogP contribution in [0.4, 0.5) is 5.69 Å². The summed E-state index contributed by atoms with van der Waals surface area (Å²) in [5.41, 5.74) is 0.539. The molecule has 1 N–H and O–H groups in total. The standard InChI is InChI=1S/C31H39N3O6S/c1-7-28(30(36)32-31(2,3)4)33(21-23-12-11-15-26(20-23)40-6)29(35)22-34(24-13-9-8-10-14-24)41(37,38)27-18-16-25(39-5)17-19-27/h8-20,28H,7,21-22H2,1-6H3,(H,32,36). The van der Waals surface area contributed by atoms with Gasteiger partial charge < -0.3 is 19.7 Å². The van der Waals surface area contributed by atoms with Gasteiger partial charge in [-0.2, -0.15) is 0 Å². The Kier molecular flexibility index (Phi) is 10.4. The van der Waals surface area contributed by atoms with E-state index in [1.807, 2.05) is 33.8 Å². The minimum Gasteiger partial charge on any atom is -0.497 e. The third kappa shape index (κ3) is 8.23. The van der Waals surface area contributed by atoms with Crippen LogP contribution in [0.1, 0.15) is 39.7 Å². The molecule has 0 saturated carbocycles. The highest BCUT2D eigenvalue weighted by atomic mass is 32.2.